The second-order valence-electron chi connectivity index (χ2n) is 10.9. The molecule has 1 N–H and O–H groups in total. The zero-order valence-corrected chi connectivity index (χ0v) is 24.2. The molecule has 7 nitrogen and oxygen atoms in total. The highest BCUT2D eigenvalue weighted by Gasteiger charge is 2.67. The van der Waals surface area contributed by atoms with E-state index in [1.807, 2.05) is 37.4 Å². The van der Waals surface area contributed by atoms with E-state index in [-0.39, 0.29) is 29.4 Å². The summed E-state index contributed by atoms with van der Waals surface area (Å²) in [4.78, 5) is 25.3. The van der Waals surface area contributed by atoms with Crippen molar-refractivity contribution in [2.45, 2.75) is 33.1 Å². The van der Waals surface area contributed by atoms with E-state index < -0.39 is 6.69 Å². The summed E-state index contributed by atoms with van der Waals surface area (Å²) in [6.45, 7) is 4.35. The van der Waals surface area contributed by atoms with E-state index in [1.165, 1.54) is 5.57 Å². The number of quaternary nitrogens is 1. The molecule has 5 rings (SSSR count). The Morgan fingerprint density at radius 3 is 2.02 bits per heavy atom. The van der Waals surface area contributed by atoms with Gasteiger partial charge in [-0.15, -0.1) is 0 Å². The number of nitrogens with zero attached hydrogens (tertiary/aromatic N) is 1. The van der Waals surface area contributed by atoms with Gasteiger partial charge in [0.15, 0.2) is 0 Å². The maximum atomic E-state index is 12.6. The van der Waals surface area contributed by atoms with Gasteiger partial charge in [-0.05, 0) is 59.9 Å². The van der Waals surface area contributed by atoms with Crippen molar-refractivity contribution >= 4 is 35.2 Å². The number of carbonyl (C=O) groups excluding carboxylic acids is 2. The average molecular weight is 554 g/mol. The predicted octanol–water partition coefficient (Wildman–Crippen LogP) is 4.53. The number of allylic oxidation sites excluding steroid dienone is 1. The van der Waals surface area contributed by atoms with Crippen molar-refractivity contribution in [2.75, 3.05) is 39.8 Å². The number of rotatable bonds is 12. The van der Waals surface area contributed by atoms with Crippen LogP contribution in [0.25, 0.3) is 11.1 Å². The van der Waals surface area contributed by atoms with Crippen LogP contribution in [0.15, 0.2) is 78.9 Å². The topological polar surface area (TPSA) is 73.9 Å². The minimum atomic E-state index is -2.29. The Kier molecular flexibility index (Phi) is 8.61. The lowest BCUT2D eigenvalue weighted by Crippen LogP contribution is -2.69. The quantitative estimate of drug-likeness (QED) is 0.202. The van der Waals surface area contributed by atoms with Gasteiger partial charge in [-0.2, -0.15) is 0 Å². The summed E-state index contributed by atoms with van der Waals surface area (Å²) in [6.07, 6.45) is 2.68. The molecule has 2 heterocycles. The van der Waals surface area contributed by atoms with E-state index >= 15 is 0 Å². The Hall–Kier alpha value is -3.88. The summed E-state index contributed by atoms with van der Waals surface area (Å²) in [5.41, 5.74) is 6.36. The minimum absolute atomic E-state index is 0.162. The van der Waals surface area contributed by atoms with Crippen LogP contribution < -0.4 is 15.5 Å². The molecule has 2 aliphatic heterocycles. The Balaban J connectivity index is 1.57. The molecule has 3 aromatic rings. The number of unbranched alkanes of at least 4 members (excludes halogenated alkanes) is 1. The predicted molar refractivity (Wildman–Crippen MR) is 162 cm³/mol. The second-order valence-corrected chi connectivity index (χ2v) is 10.9. The molecule has 2 fully saturated rings. The Morgan fingerprint density at radius 1 is 0.854 bits per heavy atom. The molecule has 0 atom stereocenters. The standard InChI is InChI=1S/C33H39BN2O5/c1-4-6-21-36-23-31(37)40-34(36,41-32(38)24-36)28-16-12-26(13-17-28)33(30(5-2)25-10-8-7-9-11-25)27-14-18-29(19-15-27)39-22-20-35-3/h7-19,35H,4-6,20-24H2,1-3H3/b33-30-. The van der Waals surface area contributed by atoms with Crippen LogP contribution >= 0.6 is 0 Å². The van der Waals surface area contributed by atoms with Gasteiger partial charge in [0.25, 0.3) is 0 Å². The normalized spacial score (nSPS) is 22.1. The third-order valence-corrected chi connectivity index (χ3v) is 8.31. The Labute approximate surface area is 242 Å². The fraction of sp³-hybridized carbons (Fsp3) is 0.333. The van der Waals surface area contributed by atoms with Gasteiger partial charge in [-0.1, -0.05) is 92.5 Å². The number of ether oxygens (including phenoxy) is 1. The van der Waals surface area contributed by atoms with Crippen LogP contribution in [-0.2, 0) is 18.9 Å². The molecule has 0 saturated carbocycles. The van der Waals surface area contributed by atoms with Crippen molar-refractivity contribution in [1.29, 1.82) is 0 Å². The summed E-state index contributed by atoms with van der Waals surface area (Å²) in [6, 6.07) is 26.7. The van der Waals surface area contributed by atoms with Crippen LogP contribution in [0.4, 0.5) is 0 Å². The maximum Gasteiger partial charge on any atom is 0.614 e. The highest BCUT2D eigenvalue weighted by molar-refractivity contribution is 6.79. The molecule has 8 heteroatoms. The highest BCUT2D eigenvalue weighted by Crippen LogP contribution is 2.38. The Morgan fingerprint density at radius 2 is 1.46 bits per heavy atom. The molecular formula is C33H39BN2O5. The smallest absolute Gasteiger partial charge is 0.596 e. The largest absolute Gasteiger partial charge is 0.614 e. The molecule has 0 unspecified atom stereocenters. The summed E-state index contributed by atoms with van der Waals surface area (Å²) >= 11 is 0. The number of likely N-dealkylation sites (N-methyl/N-ethyl adjacent to an activating group) is 1. The number of hydrogen-bond donors (Lipinski definition) is 1. The maximum absolute atomic E-state index is 12.6. The highest BCUT2D eigenvalue weighted by atomic mass is 16.7. The first-order valence-electron chi connectivity index (χ1n) is 14.7. The first-order valence-corrected chi connectivity index (χ1v) is 14.7. The summed E-state index contributed by atoms with van der Waals surface area (Å²) in [7, 11) is 1.91. The zero-order valence-electron chi connectivity index (χ0n) is 24.2. The van der Waals surface area contributed by atoms with Crippen molar-refractivity contribution in [2.24, 2.45) is 0 Å². The van der Waals surface area contributed by atoms with Crippen LogP contribution in [0, 0.1) is 0 Å². The molecule has 0 aliphatic carbocycles. The fourth-order valence-corrected chi connectivity index (χ4v) is 6.30. The number of benzene rings is 3. The third-order valence-electron chi connectivity index (χ3n) is 8.31. The molecule has 41 heavy (non-hydrogen) atoms. The van der Waals surface area contributed by atoms with Crippen molar-refractivity contribution in [3.63, 3.8) is 0 Å². The summed E-state index contributed by atoms with van der Waals surface area (Å²) in [5.74, 6) is 0.200. The lowest BCUT2D eigenvalue weighted by molar-refractivity contribution is -0.813. The lowest BCUT2D eigenvalue weighted by atomic mass is 9.60. The molecular weight excluding hydrogens is 515 g/mol. The van der Waals surface area contributed by atoms with Crippen molar-refractivity contribution in [3.8, 4) is 5.75 Å². The molecule has 2 aliphatic rings. The minimum Gasteiger partial charge on any atom is -0.596 e. The molecule has 0 aromatic heterocycles. The van der Waals surface area contributed by atoms with Crippen molar-refractivity contribution in [1.82, 2.24) is 5.32 Å². The van der Waals surface area contributed by atoms with Crippen molar-refractivity contribution < 1.29 is 28.0 Å². The lowest BCUT2D eigenvalue weighted by Gasteiger charge is -2.43. The van der Waals surface area contributed by atoms with Gasteiger partial charge in [-0.3, -0.25) is 9.59 Å². The number of fused-ring (bicyclic) bond motifs is 1. The number of hydrogen-bond acceptors (Lipinski definition) is 6. The van der Waals surface area contributed by atoms with E-state index in [1.54, 1.807) is 0 Å². The SMILES string of the molecule is CCCC[N+]12CC(=O)O[B-]1(c1ccc(/C(=C(\CC)c3ccccc3)c3ccc(OCCNC)cc3)cc1)OC(=O)C2. The number of nitrogens with one attached hydrogen (secondary N) is 1. The van der Waals surface area contributed by atoms with Crippen LogP contribution in [0.2, 0.25) is 0 Å². The summed E-state index contributed by atoms with van der Waals surface area (Å²) < 4.78 is 18.0. The first-order chi connectivity index (χ1) is 19.9. The van der Waals surface area contributed by atoms with E-state index in [2.05, 4.69) is 67.7 Å². The van der Waals surface area contributed by atoms with Gasteiger partial charge in [0.05, 0.1) is 0 Å². The molecule has 214 valence electrons. The second kappa shape index (κ2) is 12.3. The number of carbonyl (C=O) groups is 2. The van der Waals surface area contributed by atoms with Gasteiger partial charge in [0.1, 0.15) is 25.4 Å². The van der Waals surface area contributed by atoms with Gasteiger partial charge in [0, 0.05) is 13.1 Å². The fourth-order valence-electron chi connectivity index (χ4n) is 6.30. The molecule has 0 radical (unpaired) electrons. The van der Waals surface area contributed by atoms with Crippen molar-refractivity contribution in [3.05, 3.63) is 95.6 Å². The van der Waals surface area contributed by atoms with E-state index in [4.69, 9.17) is 14.0 Å². The monoisotopic (exact) mass is 554 g/mol. The first kappa shape index (κ1) is 28.6. The van der Waals surface area contributed by atoms with Gasteiger partial charge < -0.3 is 23.8 Å². The van der Waals surface area contributed by atoms with Crippen LogP contribution in [0.1, 0.15) is 49.8 Å². The average Bonchev–Trinajstić information content (AvgIpc) is 3.42. The molecule has 0 bridgehead atoms. The third kappa shape index (κ3) is 5.54. The van der Waals surface area contributed by atoms with E-state index in [9.17, 15) is 9.59 Å². The van der Waals surface area contributed by atoms with E-state index in [0.29, 0.717) is 13.2 Å². The molecule has 3 aromatic carbocycles. The van der Waals surface area contributed by atoms with Gasteiger partial charge in [0.2, 0.25) is 0 Å². The van der Waals surface area contributed by atoms with E-state index in [0.717, 1.165) is 59.3 Å². The molecule has 0 amide bonds. The summed E-state index contributed by atoms with van der Waals surface area (Å²) in [5, 5.41) is 3.10. The van der Waals surface area contributed by atoms with Crippen LogP contribution in [0.5, 0.6) is 5.75 Å². The Bertz CT molecular complexity index is 1380. The van der Waals surface area contributed by atoms with Crippen LogP contribution in [-0.4, -0.2) is 62.9 Å². The van der Waals surface area contributed by atoms with Gasteiger partial charge in [-0.25, -0.2) is 0 Å². The molecule has 0 spiro atoms. The van der Waals surface area contributed by atoms with Gasteiger partial charge >= 0.3 is 18.6 Å². The van der Waals surface area contributed by atoms with Crippen LogP contribution in [0.3, 0.4) is 0 Å². The zero-order chi connectivity index (χ0) is 28.9. The molecule has 2 saturated heterocycles.